The first kappa shape index (κ1) is 18.9. The number of nitrogens with zero attached hydrogens (tertiary/aromatic N) is 2. The molecule has 1 saturated carbocycles. The molecule has 0 spiro atoms. The van der Waals surface area contributed by atoms with Gasteiger partial charge < -0.3 is 14.4 Å². The fourth-order valence-electron chi connectivity index (χ4n) is 5.08. The van der Waals surface area contributed by atoms with Gasteiger partial charge in [-0.05, 0) is 25.3 Å². The SMILES string of the molecule is C[C@H]1CN(C(=O)CC2(N3CCOCC3)CCCC2)C[C@@H](c2ccccc2)O1. The van der Waals surface area contributed by atoms with Gasteiger partial charge in [-0.25, -0.2) is 0 Å². The highest BCUT2D eigenvalue weighted by Gasteiger charge is 2.43. The maximum absolute atomic E-state index is 13.3. The number of morpholine rings is 2. The Kier molecular flexibility index (Phi) is 5.81. The third-order valence-corrected chi connectivity index (χ3v) is 6.48. The van der Waals surface area contributed by atoms with Gasteiger partial charge in [-0.1, -0.05) is 43.2 Å². The van der Waals surface area contributed by atoms with Gasteiger partial charge in [0.15, 0.2) is 0 Å². The number of hydrogen-bond acceptors (Lipinski definition) is 4. The normalized spacial score (nSPS) is 29.0. The molecule has 0 radical (unpaired) electrons. The van der Waals surface area contributed by atoms with Crippen molar-refractivity contribution in [2.24, 2.45) is 0 Å². The first-order chi connectivity index (χ1) is 13.2. The molecule has 0 N–H and O–H groups in total. The van der Waals surface area contributed by atoms with E-state index in [1.807, 2.05) is 23.1 Å². The second-order valence-electron chi connectivity index (χ2n) is 8.35. The molecule has 0 bridgehead atoms. The molecule has 1 aliphatic carbocycles. The molecule has 2 heterocycles. The molecule has 0 unspecified atom stereocenters. The van der Waals surface area contributed by atoms with E-state index in [0.717, 1.165) is 44.7 Å². The number of benzene rings is 1. The van der Waals surface area contributed by atoms with Gasteiger partial charge in [0.25, 0.3) is 0 Å². The second-order valence-corrected chi connectivity index (χ2v) is 8.35. The van der Waals surface area contributed by atoms with E-state index in [4.69, 9.17) is 9.47 Å². The second kappa shape index (κ2) is 8.29. The van der Waals surface area contributed by atoms with Crippen LogP contribution in [0.4, 0.5) is 0 Å². The minimum absolute atomic E-state index is 0.0261. The fourth-order valence-corrected chi connectivity index (χ4v) is 5.08. The Hall–Kier alpha value is -1.43. The van der Waals surface area contributed by atoms with Crippen LogP contribution in [0.2, 0.25) is 0 Å². The Morgan fingerprint density at radius 1 is 1.11 bits per heavy atom. The van der Waals surface area contributed by atoms with E-state index in [9.17, 15) is 4.79 Å². The van der Waals surface area contributed by atoms with E-state index < -0.39 is 0 Å². The smallest absolute Gasteiger partial charge is 0.224 e. The molecule has 3 aliphatic rings. The van der Waals surface area contributed by atoms with Crippen LogP contribution in [0.15, 0.2) is 30.3 Å². The third-order valence-electron chi connectivity index (χ3n) is 6.48. The monoisotopic (exact) mass is 372 g/mol. The predicted molar refractivity (Wildman–Crippen MR) is 105 cm³/mol. The van der Waals surface area contributed by atoms with Crippen LogP contribution >= 0.6 is 0 Å². The lowest BCUT2D eigenvalue weighted by Gasteiger charge is -2.45. The summed E-state index contributed by atoms with van der Waals surface area (Å²) in [4.78, 5) is 17.9. The number of hydrogen-bond donors (Lipinski definition) is 0. The van der Waals surface area contributed by atoms with E-state index in [0.29, 0.717) is 25.4 Å². The van der Waals surface area contributed by atoms with Crippen LogP contribution in [-0.2, 0) is 14.3 Å². The van der Waals surface area contributed by atoms with Gasteiger partial charge in [-0.2, -0.15) is 0 Å². The van der Waals surface area contributed by atoms with E-state index in [-0.39, 0.29) is 17.7 Å². The molecule has 5 nitrogen and oxygen atoms in total. The van der Waals surface area contributed by atoms with Gasteiger partial charge in [0.2, 0.25) is 5.91 Å². The standard InChI is InChI=1S/C22H32N2O3/c1-18-16-23(17-20(27-18)19-7-3-2-4-8-19)21(25)15-22(9-5-6-10-22)24-11-13-26-14-12-24/h2-4,7-8,18,20H,5-6,9-17H2,1H3/t18-,20-/m0/s1. The molecule has 1 aromatic rings. The highest BCUT2D eigenvalue weighted by Crippen LogP contribution is 2.39. The summed E-state index contributed by atoms with van der Waals surface area (Å²) in [7, 11) is 0. The number of ether oxygens (including phenoxy) is 2. The van der Waals surface area contributed by atoms with Crippen LogP contribution < -0.4 is 0 Å². The van der Waals surface area contributed by atoms with Crippen molar-refractivity contribution in [2.75, 3.05) is 39.4 Å². The van der Waals surface area contributed by atoms with E-state index in [1.54, 1.807) is 0 Å². The Bertz CT molecular complexity index is 624. The minimum atomic E-state index is -0.0261. The largest absolute Gasteiger partial charge is 0.379 e. The van der Waals surface area contributed by atoms with Crippen LogP contribution in [0.5, 0.6) is 0 Å². The summed E-state index contributed by atoms with van der Waals surface area (Å²) in [6.45, 7) is 6.93. The zero-order valence-corrected chi connectivity index (χ0v) is 16.4. The van der Waals surface area contributed by atoms with Crippen molar-refractivity contribution in [1.82, 2.24) is 9.80 Å². The highest BCUT2D eigenvalue weighted by atomic mass is 16.5. The molecule has 1 amide bonds. The summed E-state index contributed by atoms with van der Waals surface area (Å²) >= 11 is 0. The van der Waals surface area contributed by atoms with Crippen molar-refractivity contribution < 1.29 is 14.3 Å². The number of amides is 1. The maximum Gasteiger partial charge on any atom is 0.224 e. The third kappa shape index (κ3) is 4.20. The average molecular weight is 373 g/mol. The summed E-state index contributed by atoms with van der Waals surface area (Å²) in [5.41, 5.74) is 1.20. The molecule has 2 saturated heterocycles. The van der Waals surface area contributed by atoms with Crippen molar-refractivity contribution in [2.45, 2.75) is 56.8 Å². The lowest BCUT2D eigenvalue weighted by atomic mass is 9.89. The predicted octanol–water partition coefficient (Wildman–Crippen LogP) is 3.01. The molecule has 4 rings (SSSR count). The minimum Gasteiger partial charge on any atom is -0.379 e. The zero-order valence-electron chi connectivity index (χ0n) is 16.4. The van der Waals surface area contributed by atoms with Gasteiger partial charge in [-0.3, -0.25) is 9.69 Å². The van der Waals surface area contributed by atoms with Crippen molar-refractivity contribution in [1.29, 1.82) is 0 Å². The molecule has 1 aromatic carbocycles. The van der Waals surface area contributed by atoms with Gasteiger partial charge in [0.05, 0.1) is 25.9 Å². The summed E-state index contributed by atoms with van der Waals surface area (Å²) < 4.78 is 11.7. The molecule has 2 aliphatic heterocycles. The van der Waals surface area contributed by atoms with Crippen molar-refractivity contribution in [3.8, 4) is 0 Å². The van der Waals surface area contributed by atoms with E-state index in [2.05, 4.69) is 24.0 Å². The fraction of sp³-hybridized carbons (Fsp3) is 0.682. The summed E-state index contributed by atoms with van der Waals surface area (Å²) in [6, 6.07) is 10.3. The Morgan fingerprint density at radius 3 is 2.52 bits per heavy atom. The molecule has 0 aromatic heterocycles. The van der Waals surface area contributed by atoms with Crippen molar-refractivity contribution >= 4 is 5.91 Å². The van der Waals surface area contributed by atoms with Crippen LogP contribution in [-0.4, -0.2) is 66.7 Å². The van der Waals surface area contributed by atoms with Crippen molar-refractivity contribution in [3.63, 3.8) is 0 Å². The summed E-state index contributed by atoms with van der Waals surface area (Å²) in [5, 5.41) is 0. The van der Waals surface area contributed by atoms with Gasteiger partial charge in [-0.15, -0.1) is 0 Å². The van der Waals surface area contributed by atoms with Gasteiger partial charge in [0, 0.05) is 31.6 Å². The number of carbonyl (C=O) groups is 1. The number of rotatable bonds is 4. The molecular formula is C22H32N2O3. The Balaban J connectivity index is 1.46. The molecule has 2 atom stereocenters. The molecule has 3 fully saturated rings. The summed E-state index contributed by atoms with van der Waals surface area (Å²) in [5.74, 6) is 0.291. The van der Waals surface area contributed by atoms with Crippen LogP contribution in [0.1, 0.15) is 50.7 Å². The average Bonchev–Trinajstić information content (AvgIpc) is 3.18. The maximum atomic E-state index is 13.3. The quantitative estimate of drug-likeness (QED) is 0.815. The molecule has 148 valence electrons. The summed E-state index contributed by atoms with van der Waals surface area (Å²) in [6.07, 6.45) is 5.42. The Morgan fingerprint density at radius 2 is 1.81 bits per heavy atom. The first-order valence-corrected chi connectivity index (χ1v) is 10.5. The lowest BCUT2D eigenvalue weighted by Crippen LogP contribution is -2.55. The highest BCUT2D eigenvalue weighted by molar-refractivity contribution is 5.77. The molecule has 27 heavy (non-hydrogen) atoms. The van der Waals surface area contributed by atoms with Crippen LogP contribution in [0.25, 0.3) is 0 Å². The lowest BCUT2D eigenvalue weighted by molar-refractivity contribution is -0.149. The first-order valence-electron chi connectivity index (χ1n) is 10.5. The van der Waals surface area contributed by atoms with Gasteiger partial charge >= 0.3 is 0 Å². The van der Waals surface area contributed by atoms with Crippen LogP contribution in [0, 0.1) is 0 Å². The number of carbonyl (C=O) groups excluding carboxylic acids is 1. The topological polar surface area (TPSA) is 42.0 Å². The Labute approximate surface area is 162 Å². The van der Waals surface area contributed by atoms with Crippen molar-refractivity contribution in [3.05, 3.63) is 35.9 Å². The van der Waals surface area contributed by atoms with E-state index in [1.165, 1.54) is 12.8 Å². The molecular weight excluding hydrogens is 340 g/mol. The van der Waals surface area contributed by atoms with E-state index >= 15 is 0 Å². The van der Waals surface area contributed by atoms with Gasteiger partial charge in [0.1, 0.15) is 6.10 Å². The zero-order chi connectivity index (χ0) is 18.7. The van der Waals surface area contributed by atoms with Crippen LogP contribution in [0.3, 0.4) is 0 Å². The molecule has 5 heteroatoms.